The lowest BCUT2D eigenvalue weighted by atomic mass is 9.99. The maximum Gasteiger partial charge on any atom is 0.237 e. The maximum atomic E-state index is 6.37. The molecular formula is C25H27N5OS. The molecule has 0 aliphatic rings. The molecule has 2 aromatic carbocycles. The second-order valence-corrected chi connectivity index (χ2v) is 8.55. The van der Waals surface area contributed by atoms with Crippen LogP contribution in [0.1, 0.15) is 30.0 Å². The Labute approximate surface area is 193 Å². The average molecular weight is 446 g/mol. The van der Waals surface area contributed by atoms with E-state index < -0.39 is 0 Å². The van der Waals surface area contributed by atoms with Gasteiger partial charge in [-0.2, -0.15) is 10.1 Å². The normalized spacial score (nSPS) is 10.9. The molecule has 0 fully saturated rings. The van der Waals surface area contributed by atoms with Gasteiger partial charge in [-0.3, -0.25) is 9.40 Å². The number of hydrogen-bond acceptors (Lipinski definition) is 6. The molecule has 0 saturated heterocycles. The highest BCUT2D eigenvalue weighted by atomic mass is 32.2. The smallest absolute Gasteiger partial charge is 0.237 e. The van der Waals surface area contributed by atoms with Gasteiger partial charge in [0.1, 0.15) is 5.75 Å². The van der Waals surface area contributed by atoms with Crippen molar-refractivity contribution in [2.45, 2.75) is 38.5 Å². The molecule has 0 atom stereocenters. The molecule has 164 valence electrons. The first-order valence-corrected chi connectivity index (χ1v) is 11.5. The topological polar surface area (TPSA) is 64.9 Å². The summed E-state index contributed by atoms with van der Waals surface area (Å²) in [5, 5.41) is 4.22. The van der Waals surface area contributed by atoms with Crippen molar-refractivity contribution in [3.8, 4) is 22.9 Å². The number of para-hydroxylation sites is 1. The third kappa shape index (κ3) is 4.94. The second kappa shape index (κ2) is 9.87. The van der Waals surface area contributed by atoms with Gasteiger partial charge in [-0.15, -0.1) is 0 Å². The number of nitrogens with one attached hydrogen (secondary N) is 1. The fraction of sp³-hybridized carbons (Fsp3) is 0.240. The lowest BCUT2D eigenvalue weighted by Crippen LogP contribution is -2.06. The predicted molar refractivity (Wildman–Crippen MR) is 130 cm³/mol. The number of nitrogens with zero attached hydrogens (tertiary/aromatic N) is 4. The average Bonchev–Trinajstić information content (AvgIpc) is 3.21. The maximum absolute atomic E-state index is 6.37. The molecule has 0 unspecified atom stereocenters. The van der Waals surface area contributed by atoms with Crippen LogP contribution in [0.25, 0.3) is 11.3 Å². The summed E-state index contributed by atoms with van der Waals surface area (Å²) in [4.78, 5) is 10.7. The Bertz CT molecular complexity index is 1220. The highest BCUT2D eigenvalue weighted by molar-refractivity contribution is 8.00. The van der Waals surface area contributed by atoms with Crippen LogP contribution in [0.15, 0.2) is 65.8 Å². The van der Waals surface area contributed by atoms with Crippen LogP contribution in [-0.2, 0) is 13.5 Å². The fourth-order valence-corrected chi connectivity index (χ4v) is 4.07. The zero-order valence-electron chi connectivity index (χ0n) is 18.8. The summed E-state index contributed by atoms with van der Waals surface area (Å²) in [7, 11) is 1.89. The lowest BCUT2D eigenvalue weighted by Gasteiger charge is -2.17. The van der Waals surface area contributed by atoms with Gasteiger partial charge < -0.3 is 4.74 Å². The summed E-state index contributed by atoms with van der Waals surface area (Å²) in [5.41, 5.74) is 5.23. The minimum Gasteiger partial charge on any atom is -0.438 e. The van der Waals surface area contributed by atoms with Gasteiger partial charge in [0.15, 0.2) is 0 Å². The molecule has 6 nitrogen and oxygen atoms in total. The van der Waals surface area contributed by atoms with Crippen molar-refractivity contribution < 1.29 is 4.74 Å². The minimum absolute atomic E-state index is 0.501. The van der Waals surface area contributed by atoms with Gasteiger partial charge in [-0.05, 0) is 49.4 Å². The van der Waals surface area contributed by atoms with Crippen molar-refractivity contribution in [3.63, 3.8) is 0 Å². The molecule has 0 spiro atoms. The van der Waals surface area contributed by atoms with Crippen LogP contribution < -0.4 is 9.46 Å². The Hall–Kier alpha value is -3.32. The Morgan fingerprint density at radius 2 is 1.75 bits per heavy atom. The van der Waals surface area contributed by atoms with E-state index in [9.17, 15) is 0 Å². The molecule has 0 radical (unpaired) electrons. The van der Waals surface area contributed by atoms with Crippen LogP contribution in [0.3, 0.4) is 0 Å². The third-order valence-electron chi connectivity index (χ3n) is 5.11. The number of aryl methyl sites for hydroxylation is 3. The number of anilines is 1. The molecular weight excluding hydrogens is 418 g/mol. The van der Waals surface area contributed by atoms with Crippen LogP contribution in [0.4, 0.5) is 5.95 Å². The molecule has 1 N–H and O–H groups in total. The highest BCUT2D eigenvalue weighted by Crippen LogP contribution is 2.36. The van der Waals surface area contributed by atoms with E-state index in [0.29, 0.717) is 11.8 Å². The Morgan fingerprint density at radius 1 is 1.00 bits per heavy atom. The first-order chi connectivity index (χ1) is 15.5. The van der Waals surface area contributed by atoms with E-state index in [4.69, 9.17) is 14.7 Å². The SMILES string of the molecule is CCCc1c(Oc2ccccc2C)nc(NSc2cnn(C)c2)nc1-c1ccccc1C. The summed E-state index contributed by atoms with van der Waals surface area (Å²) < 4.78 is 11.4. The third-order valence-corrected chi connectivity index (χ3v) is 5.84. The van der Waals surface area contributed by atoms with Crippen molar-refractivity contribution in [2.24, 2.45) is 7.05 Å². The largest absolute Gasteiger partial charge is 0.438 e. The predicted octanol–water partition coefficient (Wildman–Crippen LogP) is 6.36. The minimum atomic E-state index is 0.501. The van der Waals surface area contributed by atoms with E-state index in [-0.39, 0.29) is 0 Å². The fourth-order valence-electron chi connectivity index (χ4n) is 3.46. The lowest BCUT2D eigenvalue weighted by molar-refractivity contribution is 0.452. The first kappa shape index (κ1) is 21.9. The van der Waals surface area contributed by atoms with Crippen LogP contribution >= 0.6 is 11.9 Å². The standard InChI is InChI=1S/C25H27N5OS/c1-5-10-21-23(20-13-8-6-11-17(20)2)27-25(29-32-19-15-26-30(4)16-19)28-24(21)31-22-14-9-7-12-18(22)3/h6-9,11-16H,5,10H2,1-4H3,(H,27,28,29). The van der Waals surface area contributed by atoms with Gasteiger partial charge in [0.05, 0.1) is 16.8 Å². The van der Waals surface area contributed by atoms with E-state index in [1.807, 2.05) is 56.6 Å². The van der Waals surface area contributed by atoms with Gasteiger partial charge >= 0.3 is 0 Å². The van der Waals surface area contributed by atoms with E-state index in [1.54, 1.807) is 10.9 Å². The Morgan fingerprint density at radius 3 is 2.44 bits per heavy atom. The Balaban J connectivity index is 1.80. The molecule has 0 bridgehead atoms. The summed E-state index contributed by atoms with van der Waals surface area (Å²) >= 11 is 1.43. The number of ether oxygens (including phenoxy) is 1. The van der Waals surface area contributed by atoms with E-state index in [2.05, 4.69) is 35.8 Å². The number of aromatic nitrogens is 4. The molecule has 0 aliphatic carbocycles. The van der Waals surface area contributed by atoms with Crippen molar-refractivity contribution in [1.29, 1.82) is 0 Å². The zero-order valence-corrected chi connectivity index (χ0v) is 19.6. The Kier molecular flexibility index (Phi) is 6.75. The molecule has 0 aliphatic heterocycles. The van der Waals surface area contributed by atoms with E-state index in [0.717, 1.165) is 51.4 Å². The van der Waals surface area contributed by atoms with Gasteiger partial charge in [-0.25, -0.2) is 4.98 Å². The molecule has 4 rings (SSSR count). The molecule has 4 aromatic rings. The molecule has 7 heteroatoms. The van der Waals surface area contributed by atoms with Crippen molar-refractivity contribution in [3.05, 3.63) is 77.6 Å². The van der Waals surface area contributed by atoms with Crippen molar-refractivity contribution >= 4 is 17.9 Å². The molecule has 32 heavy (non-hydrogen) atoms. The molecule has 0 amide bonds. The summed E-state index contributed by atoms with van der Waals surface area (Å²) in [6.45, 7) is 6.30. The van der Waals surface area contributed by atoms with Gasteiger partial charge in [0, 0.05) is 24.4 Å². The van der Waals surface area contributed by atoms with Crippen LogP contribution in [0.5, 0.6) is 11.6 Å². The molecule has 2 heterocycles. The summed E-state index contributed by atoms with van der Waals surface area (Å²) in [6.07, 6.45) is 5.52. The van der Waals surface area contributed by atoms with Crippen LogP contribution in [0.2, 0.25) is 0 Å². The number of hydrogen-bond donors (Lipinski definition) is 1. The molecule has 0 saturated carbocycles. The van der Waals surface area contributed by atoms with Gasteiger partial charge in [-0.1, -0.05) is 55.8 Å². The first-order valence-electron chi connectivity index (χ1n) is 10.7. The highest BCUT2D eigenvalue weighted by Gasteiger charge is 2.19. The van der Waals surface area contributed by atoms with Crippen LogP contribution in [-0.4, -0.2) is 19.7 Å². The van der Waals surface area contributed by atoms with E-state index in [1.165, 1.54) is 11.9 Å². The van der Waals surface area contributed by atoms with Crippen molar-refractivity contribution in [1.82, 2.24) is 19.7 Å². The van der Waals surface area contributed by atoms with Crippen molar-refractivity contribution in [2.75, 3.05) is 4.72 Å². The second-order valence-electron chi connectivity index (χ2n) is 7.67. The van der Waals surface area contributed by atoms with Gasteiger partial charge in [0.2, 0.25) is 11.8 Å². The quantitative estimate of drug-likeness (QED) is 0.318. The van der Waals surface area contributed by atoms with E-state index >= 15 is 0 Å². The number of rotatable bonds is 8. The summed E-state index contributed by atoms with van der Waals surface area (Å²) in [5.74, 6) is 1.88. The molecule has 2 aromatic heterocycles. The van der Waals surface area contributed by atoms with Crippen LogP contribution in [0, 0.1) is 13.8 Å². The van der Waals surface area contributed by atoms with Gasteiger partial charge in [0.25, 0.3) is 0 Å². The number of benzene rings is 2. The monoisotopic (exact) mass is 445 g/mol. The summed E-state index contributed by atoms with van der Waals surface area (Å²) in [6, 6.07) is 16.3. The zero-order chi connectivity index (χ0) is 22.5.